The van der Waals surface area contributed by atoms with E-state index in [1.807, 2.05) is 30.3 Å². The first-order valence-corrected chi connectivity index (χ1v) is 5.55. The van der Waals surface area contributed by atoms with Crippen LogP contribution in [0.4, 0.5) is 4.79 Å². The smallest absolute Gasteiger partial charge is 0.325 e. The Balaban J connectivity index is 1.82. The number of nitrogens with zero attached hydrogens (tertiary/aromatic N) is 1. The van der Waals surface area contributed by atoms with Crippen molar-refractivity contribution in [1.29, 1.82) is 0 Å². The highest BCUT2D eigenvalue weighted by Gasteiger charge is 2.29. The quantitative estimate of drug-likeness (QED) is 0.726. The van der Waals surface area contributed by atoms with Crippen LogP contribution in [-0.4, -0.2) is 35.8 Å². The minimum atomic E-state index is -0.519. The Labute approximate surface area is 104 Å². The van der Waals surface area contributed by atoms with E-state index in [0.29, 0.717) is 6.54 Å². The van der Waals surface area contributed by atoms with Crippen molar-refractivity contribution in [1.82, 2.24) is 15.5 Å². The van der Waals surface area contributed by atoms with Crippen molar-refractivity contribution in [2.24, 2.45) is 0 Å². The molecular formula is C12H13N3O3. The predicted octanol–water partition coefficient (Wildman–Crippen LogP) is -0.145. The molecule has 0 saturated carbocycles. The summed E-state index contributed by atoms with van der Waals surface area (Å²) in [5.41, 5.74) is 0.961. The summed E-state index contributed by atoms with van der Waals surface area (Å²) in [5, 5.41) is 5.01. The standard InChI is InChI=1S/C12H13N3O3/c16-10(8-15-11(17)7-14-12(15)18)13-6-9-4-2-1-3-5-9/h1-5H,6-8H2,(H,13,16)(H,14,18). The van der Waals surface area contributed by atoms with Crippen LogP contribution in [0.15, 0.2) is 30.3 Å². The van der Waals surface area contributed by atoms with Crippen molar-refractivity contribution in [2.45, 2.75) is 6.54 Å². The molecule has 0 aliphatic carbocycles. The van der Waals surface area contributed by atoms with E-state index in [1.54, 1.807) is 0 Å². The number of imide groups is 1. The summed E-state index contributed by atoms with van der Waals surface area (Å²) in [5.74, 6) is -0.737. The molecule has 4 amide bonds. The van der Waals surface area contributed by atoms with Gasteiger partial charge in [0.2, 0.25) is 5.91 Å². The van der Waals surface area contributed by atoms with Gasteiger partial charge in [0, 0.05) is 6.54 Å². The molecule has 0 unspecified atom stereocenters. The van der Waals surface area contributed by atoms with E-state index in [-0.39, 0.29) is 24.9 Å². The van der Waals surface area contributed by atoms with E-state index in [1.165, 1.54) is 0 Å². The molecule has 0 bridgehead atoms. The number of urea groups is 1. The fraction of sp³-hybridized carbons (Fsp3) is 0.250. The SMILES string of the molecule is O=C(CN1C(=O)CNC1=O)NCc1ccccc1. The number of carbonyl (C=O) groups excluding carboxylic acids is 3. The van der Waals surface area contributed by atoms with Crippen molar-refractivity contribution < 1.29 is 14.4 Å². The van der Waals surface area contributed by atoms with E-state index in [0.717, 1.165) is 10.5 Å². The average Bonchev–Trinajstić information content (AvgIpc) is 2.69. The number of nitrogens with one attached hydrogen (secondary N) is 2. The second-order valence-electron chi connectivity index (χ2n) is 3.90. The van der Waals surface area contributed by atoms with Gasteiger partial charge in [-0.05, 0) is 5.56 Å². The highest BCUT2D eigenvalue weighted by atomic mass is 16.2. The molecule has 1 heterocycles. The zero-order chi connectivity index (χ0) is 13.0. The van der Waals surface area contributed by atoms with E-state index < -0.39 is 6.03 Å². The van der Waals surface area contributed by atoms with Gasteiger partial charge in [-0.2, -0.15) is 0 Å². The molecule has 1 aromatic rings. The third kappa shape index (κ3) is 2.85. The molecule has 6 heteroatoms. The molecule has 1 aliphatic rings. The summed E-state index contributed by atoms with van der Waals surface area (Å²) in [6, 6.07) is 8.88. The summed E-state index contributed by atoms with van der Waals surface area (Å²) < 4.78 is 0. The molecule has 2 rings (SSSR count). The van der Waals surface area contributed by atoms with Crippen molar-refractivity contribution in [3.63, 3.8) is 0 Å². The largest absolute Gasteiger partial charge is 0.350 e. The van der Waals surface area contributed by atoms with Crippen molar-refractivity contribution in [2.75, 3.05) is 13.1 Å². The molecular weight excluding hydrogens is 234 g/mol. The highest BCUT2D eigenvalue weighted by molar-refractivity contribution is 6.04. The molecule has 18 heavy (non-hydrogen) atoms. The molecule has 94 valence electrons. The van der Waals surface area contributed by atoms with Gasteiger partial charge < -0.3 is 10.6 Å². The Hall–Kier alpha value is -2.37. The topological polar surface area (TPSA) is 78.5 Å². The minimum absolute atomic E-state index is 0.0369. The molecule has 0 aromatic heterocycles. The van der Waals surface area contributed by atoms with Crippen LogP contribution in [0, 0.1) is 0 Å². The van der Waals surface area contributed by atoms with Crippen LogP contribution in [0.2, 0.25) is 0 Å². The number of amides is 4. The molecule has 6 nitrogen and oxygen atoms in total. The van der Waals surface area contributed by atoms with Gasteiger partial charge in [0.05, 0.1) is 6.54 Å². The van der Waals surface area contributed by atoms with Gasteiger partial charge in [0.15, 0.2) is 0 Å². The zero-order valence-corrected chi connectivity index (χ0v) is 9.68. The van der Waals surface area contributed by atoms with Gasteiger partial charge in [-0.1, -0.05) is 30.3 Å². The zero-order valence-electron chi connectivity index (χ0n) is 9.68. The van der Waals surface area contributed by atoms with E-state index in [9.17, 15) is 14.4 Å². The van der Waals surface area contributed by atoms with Crippen LogP contribution >= 0.6 is 0 Å². The molecule has 1 aromatic carbocycles. The Kier molecular flexibility index (Phi) is 3.57. The summed E-state index contributed by atoms with van der Waals surface area (Å²) in [6.45, 7) is 0.103. The van der Waals surface area contributed by atoms with Crippen LogP contribution in [0.3, 0.4) is 0 Å². The molecule has 0 atom stereocenters. The van der Waals surface area contributed by atoms with Crippen molar-refractivity contribution in [3.8, 4) is 0 Å². The summed E-state index contributed by atoms with van der Waals surface area (Å²) in [6.07, 6.45) is 0. The van der Waals surface area contributed by atoms with Gasteiger partial charge in [0.25, 0.3) is 5.91 Å². The Morgan fingerprint density at radius 1 is 1.28 bits per heavy atom. The second kappa shape index (κ2) is 5.31. The molecule has 1 fully saturated rings. The van der Waals surface area contributed by atoms with Gasteiger partial charge >= 0.3 is 6.03 Å². The number of benzene rings is 1. The third-order valence-corrected chi connectivity index (χ3v) is 2.57. The first-order valence-electron chi connectivity index (χ1n) is 5.55. The summed E-state index contributed by atoms with van der Waals surface area (Å²) >= 11 is 0. The molecule has 2 N–H and O–H groups in total. The molecule has 0 radical (unpaired) electrons. The lowest BCUT2D eigenvalue weighted by Gasteiger charge is -2.12. The number of carbonyl (C=O) groups is 3. The lowest BCUT2D eigenvalue weighted by molar-refractivity contribution is -0.130. The predicted molar refractivity (Wildman–Crippen MR) is 63.4 cm³/mol. The fourth-order valence-corrected chi connectivity index (χ4v) is 1.61. The normalized spacial score (nSPS) is 14.6. The van der Waals surface area contributed by atoms with Gasteiger partial charge in [-0.15, -0.1) is 0 Å². The molecule has 0 spiro atoms. The fourth-order valence-electron chi connectivity index (χ4n) is 1.61. The molecule has 1 aliphatic heterocycles. The maximum Gasteiger partial charge on any atom is 0.325 e. The maximum absolute atomic E-state index is 11.6. The maximum atomic E-state index is 11.6. The van der Waals surface area contributed by atoms with Crippen LogP contribution in [0.25, 0.3) is 0 Å². The average molecular weight is 247 g/mol. The number of rotatable bonds is 4. The highest BCUT2D eigenvalue weighted by Crippen LogP contribution is 1.99. The Bertz CT molecular complexity index is 457. The van der Waals surface area contributed by atoms with Gasteiger partial charge in [-0.3, -0.25) is 14.5 Å². The first kappa shape index (κ1) is 12.1. The van der Waals surface area contributed by atoms with Crippen LogP contribution < -0.4 is 10.6 Å². The summed E-state index contributed by atoms with van der Waals surface area (Å²) in [7, 11) is 0. The number of hydrogen-bond acceptors (Lipinski definition) is 3. The minimum Gasteiger partial charge on any atom is -0.350 e. The van der Waals surface area contributed by atoms with Crippen LogP contribution in [0.5, 0.6) is 0 Å². The van der Waals surface area contributed by atoms with E-state index in [2.05, 4.69) is 10.6 Å². The Morgan fingerprint density at radius 2 is 2.00 bits per heavy atom. The Morgan fingerprint density at radius 3 is 2.61 bits per heavy atom. The van der Waals surface area contributed by atoms with Gasteiger partial charge in [-0.25, -0.2) is 4.79 Å². The van der Waals surface area contributed by atoms with E-state index in [4.69, 9.17) is 0 Å². The first-order chi connectivity index (χ1) is 8.66. The second-order valence-corrected chi connectivity index (χ2v) is 3.90. The lowest BCUT2D eigenvalue weighted by atomic mass is 10.2. The van der Waals surface area contributed by atoms with Crippen LogP contribution in [-0.2, 0) is 16.1 Å². The number of hydrogen-bond donors (Lipinski definition) is 2. The molecule has 1 saturated heterocycles. The monoisotopic (exact) mass is 247 g/mol. The van der Waals surface area contributed by atoms with Crippen molar-refractivity contribution >= 4 is 17.8 Å². The van der Waals surface area contributed by atoms with Gasteiger partial charge in [0.1, 0.15) is 6.54 Å². The van der Waals surface area contributed by atoms with Crippen molar-refractivity contribution in [3.05, 3.63) is 35.9 Å². The van der Waals surface area contributed by atoms with Crippen LogP contribution in [0.1, 0.15) is 5.56 Å². The third-order valence-electron chi connectivity index (χ3n) is 2.57. The summed E-state index contributed by atoms with van der Waals surface area (Å²) in [4.78, 5) is 34.9. The van der Waals surface area contributed by atoms with E-state index >= 15 is 0 Å². The lowest BCUT2D eigenvalue weighted by Crippen LogP contribution is -2.40.